The highest BCUT2D eigenvalue weighted by atomic mass is 16.6. The zero-order valence-corrected chi connectivity index (χ0v) is 17.7. The Labute approximate surface area is 167 Å². The van der Waals surface area contributed by atoms with Crippen LogP contribution in [0.5, 0.6) is 0 Å². The van der Waals surface area contributed by atoms with Gasteiger partial charge < -0.3 is 24.8 Å². The number of aliphatic hydroxyl groups excluding tert-OH is 2. The number of hydrogen-bond acceptors (Lipinski definition) is 5. The first-order valence-electron chi connectivity index (χ1n) is 11.4. The second-order valence-electron chi connectivity index (χ2n) is 7.59. The summed E-state index contributed by atoms with van der Waals surface area (Å²) in [5, 5.41) is 27.0. The Morgan fingerprint density at radius 1 is 0.556 bits per heavy atom. The van der Waals surface area contributed by atoms with Crippen LogP contribution in [0.3, 0.4) is 0 Å². The largest absolute Gasteiger partial charge is 0.381 e. The molecule has 0 aliphatic rings. The lowest BCUT2D eigenvalue weighted by Gasteiger charge is -2.12. The first-order valence-corrected chi connectivity index (χ1v) is 11.4. The molecule has 3 N–H and O–H groups in total. The fraction of sp³-hybridized carbons (Fsp3) is 1.00. The highest BCUT2D eigenvalue weighted by molar-refractivity contribution is 4.50. The van der Waals surface area contributed by atoms with Crippen molar-refractivity contribution in [3.05, 3.63) is 0 Å². The number of hydrogen-bond donors (Lipinski definition) is 3. The van der Waals surface area contributed by atoms with Gasteiger partial charge in [-0.1, -0.05) is 90.4 Å². The van der Waals surface area contributed by atoms with Crippen LogP contribution in [0.15, 0.2) is 0 Å². The third kappa shape index (κ3) is 23.8. The SMILES string of the molecule is CCCCCCCCCCCCCCCCOC(O)CCOCCC(O)O. The molecule has 5 heteroatoms. The fourth-order valence-electron chi connectivity index (χ4n) is 3.07. The van der Waals surface area contributed by atoms with Crippen LogP contribution in [0.4, 0.5) is 0 Å². The van der Waals surface area contributed by atoms with E-state index in [0.717, 1.165) is 12.8 Å². The Morgan fingerprint density at radius 2 is 1.00 bits per heavy atom. The Balaban J connectivity index is 3.11. The fourth-order valence-corrected chi connectivity index (χ4v) is 3.07. The van der Waals surface area contributed by atoms with E-state index >= 15 is 0 Å². The van der Waals surface area contributed by atoms with Gasteiger partial charge in [-0.2, -0.15) is 0 Å². The molecular weight excluding hydrogens is 344 g/mol. The van der Waals surface area contributed by atoms with Gasteiger partial charge in [0.25, 0.3) is 0 Å². The summed E-state index contributed by atoms with van der Waals surface area (Å²) in [5.74, 6) is 0. The van der Waals surface area contributed by atoms with E-state index in [1.165, 1.54) is 77.0 Å². The standard InChI is InChI=1S/C22H46O5/c1-2-3-4-5-6-7-8-9-10-11-12-13-14-15-18-27-22(25)17-20-26-19-16-21(23)24/h21-25H,2-20H2,1H3. The molecule has 0 saturated carbocycles. The van der Waals surface area contributed by atoms with E-state index in [1.807, 2.05) is 0 Å². The zero-order valence-electron chi connectivity index (χ0n) is 17.7. The Kier molecular flexibility index (Phi) is 21.9. The molecule has 0 spiro atoms. The second-order valence-corrected chi connectivity index (χ2v) is 7.59. The molecule has 0 fully saturated rings. The van der Waals surface area contributed by atoms with E-state index in [2.05, 4.69) is 6.92 Å². The summed E-state index contributed by atoms with van der Waals surface area (Å²) in [6.45, 7) is 3.51. The lowest BCUT2D eigenvalue weighted by molar-refractivity contribution is -0.116. The summed E-state index contributed by atoms with van der Waals surface area (Å²) in [6, 6.07) is 0. The number of unbranched alkanes of at least 4 members (excludes halogenated alkanes) is 13. The lowest BCUT2D eigenvalue weighted by Crippen LogP contribution is -2.16. The first kappa shape index (κ1) is 26.8. The van der Waals surface area contributed by atoms with Crippen LogP contribution in [-0.4, -0.2) is 47.7 Å². The predicted octanol–water partition coefficient (Wildman–Crippen LogP) is 4.91. The van der Waals surface area contributed by atoms with Gasteiger partial charge in [0, 0.05) is 19.4 Å². The van der Waals surface area contributed by atoms with Crippen LogP contribution in [0.1, 0.15) is 110 Å². The first-order chi connectivity index (χ1) is 13.2. The minimum absolute atomic E-state index is 0.190. The van der Waals surface area contributed by atoms with Crippen LogP contribution in [0.25, 0.3) is 0 Å². The van der Waals surface area contributed by atoms with Crippen LogP contribution in [-0.2, 0) is 9.47 Å². The normalized spacial score (nSPS) is 12.8. The van der Waals surface area contributed by atoms with Gasteiger partial charge in [0.2, 0.25) is 0 Å². The van der Waals surface area contributed by atoms with Gasteiger partial charge in [0.05, 0.1) is 13.2 Å². The average molecular weight is 391 g/mol. The van der Waals surface area contributed by atoms with Crippen LogP contribution in [0, 0.1) is 0 Å². The zero-order chi connectivity index (χ0) is 20.0. The van der Waals surface area contributed by atoms with Crippen molar-refractivity contribution < 1.29 is 24.8 Å². The minimum atomic E-state index is -1.33. The average Bonchev–Trinajstić information content (AvgIpc) is 2.64. The molecule has 0 heterocycles. The van der Waals surface area contributed by atoms with Crippen LogP contribution in [0.2, 0.25) is 0 Å². The van der Waals surface area contributed by atoms with Crippen molar-refractivity contribution in [2.24, 2.45) is 0 Å². The van der Waals surface area contributed by atoms with E-state index in [4.69, 9.17) is 19.7 Å². The molecule has 5 nitrogen and oxygen atoms in total. The molecule has 0 aliphatic carbocycles. The van der Waals surface area contributed by atoms with E-state index < -0.39 is 12.6 Å². The molecule has 0 aromatic rings. The molecule has 0 amide bonds. The van der Waals surface area contributed by atoms with Gasteiger partial charge in [-0.05, 0) is 6.42 Å². The van der Waals surface area contributed by atoms with Crippen molar-refractivity contribution in [3.8, 4) is 0 Å². The van der Waals surface area contributed by atoms with Gasteiger partial charge in [-0.3, -0.25) is 0 Å². The Hall–Kier alpha value is -0.200. The second kappa shape index (κ2) is 22.1. The predicted molar refractivity (Wildman–Crippen MR) is 111 cm³/mol. The topological polar surface area (TPSA) is 79.2 Å². The lowest BCUT2D eigenvalue weighted by atomic mass is 10.0. The van der Waals surface area contributed by atoms with Gasteiger partial charge in [0.1, 0.15) is 0 Å². The smallest absolute Gasteiger partial charge is 0.156 e. The summed E-state index contributed by atoms with van der Waals surface area (Å²) >= 11 is 0. The van der Waals surface area contributed by atoms with Crippen molar-refractivity contribution in [3.63, 3.8) is 0 Å². The number of ether oxygens (including phenoxy) is 2. The summed E-state index contributed by atoms with van der Waals surface area (Å²) in [6.07, 6.45) is 17.1. The third-order valence-electron chi connectivity index (χ3n) is 4.84. The minimum Gasteiger partial charge on any atom is -0.381 e. The molecule has 0 bridgehead atoms. The van der Waals surface area contributed by atoms with E-state index in [9.17, 15) is 5.11 Å². The van der Waals surface area contributed by atoms with E-state index in [0.29, 0.717) is 19.6 Å². The Morgan fingerprint density at radius 3 is 1.48 bits per heavy atom. The number of rotatable bonds is 22. The molecule has 0 aliphatic heterocycles. The van der Waals surface area contributed by atoms with E-state index in [-0.39, 0.29) is 13.0 Å². The summed E-state index contributed by atoms with van der Waals surface area (Å²) < 4.78 is 10.5. The molecule has 0 radical (unpaired) electrons. The maximum Gasteiger partial charge on any atom is 0.156 e. The van der Waals surface area contributed by atoms with E-state index in [1.54, 1.807) is 0 Å². The molecule has 1 unspecified atom stereocenters. The van der Waals surface area contributed by atoms with Crippen molar-refractivity contribution in [2.75, 3.05) is 19.8 Å². The highest BCUT2D eigenvalue weighted by Gasteiger charge is 2.04. The van der Waals surface area contributed by atoms with Crippen LogP contribution >= 0.6 is 0 Å². The molecule has 0 aromatic carbocycles. The van der Waals surface area contributed by atoms with Crippen molar-refractivity contribution in [1.29, 1.82) is 0 Å². The highest BCUT2D eigenvalue weighted by Crippen LogP contribution is 2.13. The maximum atomic E-state index is 9.66. The Bertz CT molecular complexity index is 273. The monoisotopic (exact) mass is 390 g/mol. The molecule has 1 atom stereocenters. The van der Waals surface area contributed by atoms with Crippen molar-refractivity contribution in [1.82, 2.24) is 0 Å². The van der Waals surface area contributed by atoms with Gasteiger partial charge in [-0.25, -0.2) is 0 Å². The molecule has 0 rings (SSSR count). The molecule has 0 saturated heterocycles. The van der Waals surface area contributed by atoms with Crippen molar-refractivity contribution >= 4 is 0 Å². The van der Waals surface area contributed by atoms with Gasteiger partial charge in [-0.15, -0.1) is 0 Å². The molecule has 27 heavy (non-hydrogen) atoms. The van der Waals surface area contributed by atoms with Crippen molar-refractivity contribution in [2.45, 2.75) is 122 Å². The number of aliphatic hydroxyl groups is 3. The third-order valence-corrected chi connectivity index (χ3v) is 4.84. The summed E-state index contributed by atoms with van der Waals surface area (Å²) in [5.41, 5.74) is 0. The quantitative estimate of drug-likeness (QED) is 0.181. The van der Waals surface area contributed by atoms with Gasteiger partial charge >= 0.3 is 0 Å². The molecule has 0 aromatic heterocycles. The molecule has 164 valence electrons. The summed E-state index contributed by atoms with van der Waals surface area (Å²) in [7, 11) is 0. The maximum absolute atomic E-state index is 9.66. The van der Waals surface area contributed by atoms with Crippen LogP contribution < -0.4 is 0 Å². The summed E-state index contributed by atoms with van der Waals surface area (Å²) in [4.78, 5) is 0. The van der Waals surface area contributed by atoms with Gasteiger partial charge in [0.15, 0.2) is 12.6 Å². The molecular formula is C22H46O5.